The Kier molecular flexibility index (Phi) is 3.94. The summed E-state index contributed by atoms with van der Waals surface area (Å²) < 4.78 is 0. The molecule has 0 spiro atoms. The van der Waals surface area contributed by atoms with Crippen molar-refractivity contribution in [3.8, 4) is 0 Å². The van der Waals surface area contributed by atoms with Crippen molar-refractivity contribution in [1.82, 2.24) is 4.90 Å². The molecule has 0 aromatic rings. The molecule has 0 bridgehead atoms. The minimum atomic E-state index is -0.736. The SMILES string of the molecule is CC1CCN(C(=O)CC(C)(C)C(N)=O)CC1. The van der Waals surface area contributed by atoms with Gasteiger partial charge in [-0.15, -0.1) is 0 Å². The summed E-state index contributed by atoms with van der Waals surface area (Å²) in [5, 5.41) is 0. The zero-order valence-electron chi connectivity index (χ0n) is 10.5. The molecule has 1 aliphatic rings. The summed E-state index contributed by atoms with van der Waals surface area (Å²) in [6, 6.07) is 0. The zero-order chi connectivity index (χ0) is 12.3. The van der Waals surface area contributed by atoms with E-state index in [1.807, 2.05) is 4.90 Å². The van der Waals surface area contributed by atoms with Gasteiger partial charge in [0.1, 0.15) is 0 Å². The van der Waals surface area contributed by atoms with Gasteiger partial charge >= 0.3 is 0 Å². The molecule has 1 saturated heterocycles. The number of hydrogen-bond donors (Lipinski definition) is 1. The van der Waals surface area contributed by atoms with Crippen molar-refractivity contribution in [2.45, 2.75) is 40.0 Å². The monoisotopic (exact) mass is 226 g/mol. The van der Waals surface area contributed by atoms with E-state index in [0.717, 1.165) is 25.9 Å². The van der Waals surface area contributed by atoms with E-state index in [9.17, 15) is 9.59 Å². The van der Waals surface area contributed by atoms with Crippen LogP contribution in [-0.4, -0.2) is 29.8 Å². The minimum Gasteiger partial charge on any atom is -0.369 e. The molecule has 4 heteroatoms. The lowest BCUT2D eigenvalue weighted by Crippen LogP contribution is -2.42. The van der Waals surface area contributed by atoms with E-state index in [1.165, 1.54) is 0 Å². The molecule has 0 unspecified atom stereocenters. The van der Waals surface area contributed by atoms with Gasteiger partial charge < -0.3 is 10.6 Å². The number of rotatable bonds is 3. The van der Waals surface area contributed by atoms with E-state index in [1.54, 1.807) is 13.8 Å². The van der Waals surface area contributed by atoms with Crippen LogP contribution in [0, 0.1) is 11.3 Å². The molecule has 16 heavy (non-hydrogen) atoms. The van der Waals surface area contributed by atoms with Crippen molar-refractivity contribution in [2.75, 3.05) is 13.1 Å². The molecule has 1 rings (SSSR count). The summed E-state index contributed by atoms with van der Waals surface area (Å²) >= 11 is 0. The predicted octanol–water partition coefficient (Wildman–Crippen LogP) is 1.15. The van der Waals surface area contributed by atoms with E-state index in [-0.39, 0.29) is 12.3 Å². The van der Waals surface area contributed by atoms with Crippen LogP contribution in [0.2, 0.25) is 0 Å². The molecule has 92 valence electrons. The molecule has 0 radical (unpaired) electrons. The summed E-state index contributed by atoms with van der Waals surface area (Å²) in [7, 11) is 0. The molecule has 0 atom stereocenters. The second-order valence-electron chi connectivity index (χ2n) is 5.49. The van der Waals surface area contributed by atoms with E-state index >= 15 is 0 Å². The van der Waals surface area contributed by atoms with Crippen molar-refractivity contribution in [2.24, 2.45) is 17.1 Å². The first-order chi connectivity index (χ1) is 7.33. The van der Waals surface area contributed by atoms with Gasteiger partial charge in [-0.05, 0) is 18.8 Å². The Bertz CT molecular complexity index is 279. The first-order valence-corrected chi connectivity index (χ1v) is 5.90. The average Bonchev–Trinajstić information content (AvgIpc) is 2.17. The maximum atomic E-state index is 11.9. The summed E-state index contributed by atoms with van der Waals surface area (Å²) in [4.78, 5) is 24.9. The molecule has 1 fully saturated rings. The number of nitrogens with zero attached hydrogens (tertiary/aromatic N) is 1. The number of primary amides is 1. The highest BCUT2D eigenvalue weighted by Crippen LogP contribution is 2.23. The molecular weight excluding hydrogens is 204 g/mol. The first kappa shape index (κ1) is 13.0. The van der Waals surface area contributed by atoms with Crippen LogP contribution in [0.15, 0.2) is 0 Å². The van der Waals surface area contributed by atoms with E-state index < -0.39 is 11.3 Å². The summed E-state index contributed by atoms with van der Waals surface area (Å²) in [6.45, 7) is 7.28. The van der Waals surface area contributed by atoms with Gasteiger partial charge in [-0.3, -0.25) is 9.59 Å². The van der Waals surface area contributed by atoms with Crippen molar-refractivity contribution >= 4 is 11.8 Å². The maximum Gasteiger partial charge on any atom is 0.223 e. The smallest absolute Gasteiger partial charge is 0.223 e. The number of amides is 2. The molecule has 1 heterocycles. The lowest BCUT2D eigenvalue weighted by Gasteiger charge is -2.32. The van der Waals surface area contributed by atoms with E-state index in [2.05, 4.69) is 6.92 Å². The molecule has 0 aromatic carbocycles. The highest BCUT2D eigenvalue weighted by atomic mass is 16.2. The number of carbonyl (C=O) groups excluding carboxylic acids is 2. The quantitative estimate of drug-likeness (QED) is 0.784. The Morgan fingerprint density at radius 1 is 1.31 bits per heavy atom. The first-order valence-electron chi connectivity index (χ1n) is 5.90. The van der Waals surface area contributed by atoms with Crippen LogP contribution in [0.1, 0.15) is 40.0 Å². The fourth-order valence-corrected chi connectivity index (χ4v) is 1.83. The van der Waals surface area contributed by atoms with Gasteiger partial charge in [0.05, 0.1) is 5.41 Å². The summed E-state index contributed by atoms with van der Waals surface area (Å²) in [5.74, 6) is 0.343. The fraction of sp³-hybridized carbons (Fsp3) is 0.833. The molecule has 0 saturated carbocycles. The highest BCUT2D eigenvalue weighted by molar-refractivity contribution is 5.87. The van der Waals surface area contributed by atoms with Crippen LogP contribution >= 0.6 is 0 Å². The van der Waals surface area contributed by atoms with Gasteiger partial charge in [-0.2, -0.15) is 0 Å². The van der Waals surface area contributed by atoms with Gasteiger partial charge in [-0.25, -0.2) is 0 Å². The van der Waals surface area contributed by atoms with Gasteiger partial charge in [0.25, 0.3) is 0 Å². The van der Waals surface area contributed by atoms with Crippen molar-refractivity contribution in [1.29, 1.82) is 0 Å². The van der Waals surface area contributed by atoms with Gasteiger partial charge in [0.2, 0.25) is 11.8 Å². The van der Waals surface area contributed by atoms with Gasteiger partial charge in [0, 0.05) is 19.5 Å². The van der Waals surface area contributed by atoms with Crippen molar-refractivity contribution < 1.29 is 9.59 Å². The van der Waals surface area contributed by atoms with E-state index in [0.29, 0.717) is 5.92 Å². The number of likely N-dealkylation sites (tertiary alicyclic amines) is 1. The normalized spacial score (nSPS) is 18.6. The Labute approximate surface area is 97.2 Å². The van der Waals surface area contributed by atoms with Crippen LogP contribution in [-0.2, 0) is 9.59 Å². The molecule has 2 amide bonds. The third-order valence-corrected chi connectivity index (χ3v) is 3.40. The van der Waals surface area contributed by atoms with Crippen LogP contribution in [0.5, 0.6) is 0 Å². The molecule has 1 aliphatic heterocycles. The number of nitrogens with two attached hydrogens (primary N) is 1. The van der Waals surface area contributed by atoms with Crippen molar-refractivity contribution in [3.63, 3.8) is 0 Å². The largest absolute Gasteiger partial charge is 0.369 e. The Balaban J connectivity index is 2.50. The summed E-state index contributed by atoms with van der Waals surface area (Å²) in [6.07, 6.45) is 2.34. The van der Waals surface area contributed by atoms with E-state index in [4.69, 9.17) is 5.73 Å². The molecule has 4 nitrogen and oxygen atoms in total. The predicted molar refractivity (Wildman–Crippen MR) is 62.6 cm³/mol. The Morgan fingerprint density at radius 2 is 1.81 bits per heavy atom. The highest BCUT2D eigenvalue weighted by Gasteiger charge is 2.31. The molecule has 2 N–H and O–H groups in total. The zero-order valence-corrected chi connectivity index (χ0v) is 10.5. The second-order valence-corrected chi connectivity index (χ2v) is 5.49. The second kappa shape index (κ2) is 4.85. The lowest BCUT2D eigenvalue weighted by molar-refractivity contribution is -0.139. The maximum absolute atomic E-state index is 11.9. The third kappa shape index (κ3) is 3.22. The molecule has 0 aliphatic carbocycles. The number of hydrogen-bond acceptors (Lipinski definition) is 2. The Morgan fingerprint density at radius 3 is 2.25 bits per heavy atom. The van der Waals surface area contributed by atoms with Gasteiger partial charge in [-0.1, -0.05) is 20.8 Å². The molecular formula is C12H22N2O2. The van der Waals surface area contributed by atoms with Crippen LogP contribution in [0.4, 0.5) is 0 Å². The standard InChI is InChI=1S/C12H22N2O2/c1-9-4-6-14(7-5-9)10(15)8-12(2,3)11(13)16/h9H,4-8H2,1-3H3,(H2,13,16). The Hall–Kier alpha value is -1.06. The van der Waals surface area contributed by atoms with Gasteiger partial charge in [0.15, 0.2) is 0 Å². The van der Waals surface area contributed by atoms with Crippen molar-refractivity contribution in [3.05, 3.63) is 0 Å². The fourth-order valence-electron chi connectivity index (χ4n) is 1.83. The average molecular weight is 226 g/mol. The third-order valence-electron chi connectivity index (χ3n) is 3.40. The number of carbonyl (C=O) groups is 2. The van der Waals surface area contributed by atoms with Crippen LogP contribution < -0.4 is 5.73 Å². The molecule has 0 aromatic heterocycles. The minimum absolute atomic E-state index is 0.0516. The van der Waals surface area contributed by atoms with Crippen LogP contribution in [0.3, 0.4) is 0 Å². The summed E-state index contributed by atoms with van der Waals surface area (Å²) in [5.41, 5.74) is 4.52. The topological polar surface area (TPSA) is 63.4 Å². The van der Waals surface area contributed by atoms with Crippen LogP contribution in [0.25, 0.3) is 0 Å². The number of piperidine rings is 1. The lowest BCUT2D eigenvalue weighted by atomic mass is 9.87.